The number of amides is 1. The second-order valence-corrected chi connectivity index (χ2v) is 5.20. The van der Waals surface area contributed by atoms with Gasteiger partial charge in [-0.05, 0) is 30.2 Å². The van der Waals surface area contributed by atoms with Crippen LogP contribution < -0.4 is 10.4 Å². The third-order valence-corrected chi connectivity index (χ3v) is 3.91. The molecular weight excluding hydrogens is 282 g/mol. The fourth-order valence-electron chi connectivity index (χ4n) is 2.63. The predicted molar refractivity (Wildman–Crippen MR) is 80.6 cm³/mol. The van der Waals surface area contributed by atoms with Crippen molar-refractivity contribution < 1.29 is 9.53 Å². The van der Waals surface area contributed by atoms with E-state index in [0.717, 1.165) is 17.7 Å². The van der Waals surface area contributed by atoms with Crippen LogP contribution in [0.4, 0.5) is 0 Å². The van der Waals surface area contributed by atoms with Crippen molar-refractivity contribution in [3.63, 3.8) is 0 Å². The Labute approximate surface area is 128 Å². The van der Waals surface area contributed by atoms with E-state index in [1.54, 1.807) is 24.3 Å². The summed E-state index contributed by atoms with van der Waals surface area (Å²) in [5, 5.41) is 0. The van der Waals surface area contributed by atoms with Crippen LogP contribution in [0.2, 0.25) is 0 Å². The predicted octanol–water partition coefficient (Wildman–Crippen LogP) is 1.23. The standard InChI is InChI=1S/C16H17N3O3/c1-22-13-5-2-4-12(10-13)14-6-9-19(14)15(20)11-18-8-3-7-17-16(18)21/h2-5,7-8,10,14H,6,9,11H2,1H3/t14-/m1/s1. The maximum absolute atomic E-state index is 12.4. The Morgan fingerprint density at radius 1 is 1.41 bits per heavy atom. The first kappa shape index (κ1) is 14.3. The van der Waals surface area contributed by atoms with Crippen LogP contribution in [0.15, 0.2) is 47.5 Å². The van der Waals surface area contributed by atoms with E-state index in [2.05, 4.69) is 4.98 Å². The molecule has 6 heteroatoms. The number of ether oxygens (including phenoxy) is 1. The van der Waals surface area contributed by atoms with Gasteiger partial charge < -0.3 is 9.64 Å². The van der Waals surface area contributed by atoms with E-state index in [4.69, 9.17) is 4.74 Å². The Morgan fingerprint density at radius 2 is 2.27 bits per heavy atom. The summed E-state index contributed by atoms with van der Waals surface area (Å²) in [5.41, 5.74) is 0.645. The molecule has 0 unspecified atom stereocenters. The second kappa shape index (κ2) is 6.01. The van der Waals surface area contributed by atoms with Gasteiger partial charge in [-0.2, -0.15) is 0 Å². The Balaban J connectivity index is 1.74. The average Bonchev–Trinajstić information content (AvgIpc) is 2.49. The molecule has 0 saturated carbocycles. The van der Waals surface area contributed by atoms with E-state index in [1.807, 2.05) is 24.3 Å². The van der Waals surface area contributed by atoms with Crippen molar-refractivity contribution in [1.82, 2.24) is 14.5 Å². The smallest absolute Gasteiger partial charge is 0.347 e. The lowest BCUT2D eigenvalue weighted by atomic mass is 9.94. The Bertz CT molecular complexity index is 741. The maximum Gasteiger partial charge on any atom is 0.347 e. The maximum atomic E-state index is 12.4. The molecule has 0 spiro atoms. The van der Waals surface area contributed by atoms with Crippen molar-refractivity contribution in [2.75, 3.05) is 13.7 Å². The Hall–Kier alpha value is -2.63. The molecule has 2 aromatic rings. The highest BCUT2D eigenvalue weighted by atomic mass is 16.5. The molecular formula is C16H17N3O3. The van der Waals surface area contributed by atoms with E-state index in [0.29, 0.717) is 6.54 Å². The molecule has 1 aromatic carbocycles. The van der Waals surface area contributed by atoms with Gasteiger partial charge in [0.2, 0.25) is 5.91 Å². The Kier molecular flexibility index (Phi) is 3.91. The monoisotopic (exact) mass is 299 g/mol. The zero-order valence-electron chi connectivity index (χ0n) is 12.3. The highest BCUT2D eigenvalue weighted by molar-refractivity contribution is 5.77. The molecule has 3 rings (SSSR count). The summed E-state index contributed by atoms with van der Waals surface area (Å²) < 4.78 is 6.55. The van der Waals surface area contributed by atoms with Crippen LogP contribution in [0.25, 0.3) is 0 Å². The molecule has 22 heavy (non-hydrogen) atoms. The lowest BCUT2D eigenvalue weighted by molar-refractivity contribution is -0.139. The van der Waals surface area contributed by atoms with Gasteiger partial charge in [-0.1, -0.05) is 12.1 Å². The van der Waals surface area contributed by atoms with Crippen LogP contribution in [0, 0.1) is 0 Å². The molecule has 0 bridgehead atoms. The number of hydrogen-bond donors (Lipinski definition) is 0. The minimum atomic E-state index is -0.408. The van der Waals surface area contributed by atoms with Crippen molar-refractivity contribution >= 4 is 5.91 Å². The van der Waals surface area contributed by atoms with Crippen LogP contribution in [0.3, 0.4) is 0 Å². The summed E-state index contributed by atoms with van der Waals surface area (Å²) in [6.45, 7) is 0.725. The molecule has 0 radical (unpaired) electrons. The largest absolute Gasteiger partial charge is 0.497 e. The second-order valence-electron chi connectivity index (χ2n) is 5.20. The van der Waals surface area contributed by atoms with Crippen molar-refractivity contribution in [2.45, 2.75) is 19.0 Å². The number of benzene rings is 1. The van der Waals surface area contributed by atoms with E-state index < -0.39 is 5.69 Å². The van der Waals surface area contributed by atoms with E-state index in [1.165, 1.54) is 10.8 Å². The molecule has 1 fully saturated rings. The quantitative estimate of drug-likeness (QED) is 0.851. The third-order valence-electron chi connectivity index (χ3n) is 3.91. The first-order valence-corrected chi connectivity index (χ1v) is 7.14. The van der Waals surface area contributed by atoms with Gasteiger partial charge in [-0.3, -0.25) is 9.36 Å². The summed E-state index contributed by atoms with van der Waals surface area (Å²) in [5.74, 6) is 0.703. The highest BCUT2D eigenvalue weighted by Gasteiger charge is 2.33. The van der Waals surface area contributed by atoms with Crippen molar-refractivity contribution in [3.05, 3.63) is 58.8 Å². The molecule has 1 aliphatic heterocycles. The Morgan fingerprint density at radius 3 is 2.95 bits per heavy atom. The molecule has 114 valence electrons. The first-order chi connectivity index (χ1) is 10.7. The van der Waals surface area contributed by atoms with E-state index >= 15 is 0 Å². The summed E-state index contributed by atoms with van der Waals surface area (Å²) in [6.07, 6.45) is 3.92. The van der Waals surface area contributed by atoms with Gasteiger partial charge in [0.05, 0.1) is 13.2 Å². The number of carbonyl (C=O) groups is 1. The molecule has 1 amide bonds. The van der Waals surface area contributed by atoms with Gasteiger partial charge in [0.15, 0.2) is 0 Å². The summed E-state index contributed by atoms with van der Waals surface area (Å²) in [7, 11) is 1.62. The van der Waals surface area contributed by atoms with Gasteiger partial charge in [-0.15, -0.1) is 0 Å². The lowest BCUT2D eigenvalue weighted by Gasteiger charge is -2.41. The number of aromatic nitrogens is 2. The summed E-state index contributed by atoms with van der Waals surface area (Å²) in [4.78, 5) is 29.4. The molecule has 1 saturated heterocycles. The minimum absolute atomic E-state index is 0.0210. The zero-order valence-corrected chi connectivity index (χ0v) is 12.3. The number of methoxy groups -OCH3 is 1. The number of hydrogen-bond acceptors (Lipinski definition) is 4. The topological polar surface area (TPSA) is 64.4 Å². The van der Waals surface area contributed by atoms with Crippen LogP contribution in [0.1, 0.15) is 18.0 Å². The van der Waals surface area contributed by atoms with E-state index in [9.17, 15) is 9.59 Å². The molecule has 0 aliphatic carbocycles. The lowest BCUT2D eigenvalue weighted by Crippen LogP contribution is -2.47. The van der Waals surface area contributed by atoms with Gasteiger partial charge in [-0.25, -0.2) is 9.78 Å². The van der Waals surface area contributed by atoms with Gasteiger partial charge in [0.25, 0.3) is 0 Å². The zero-order chi connectivity index (χ0) is 15.5. The molecule has 1 atom stereocenters. The van der Waals surface area contributed by atoms with Gasteiger partial charge in [0.1, 0.15) is 12.3 Å². The van der Waals surface area contributed by atoms with E-state index in [-0.39, 0.29) is 18.5 Å². The minimum Gasteiger partial charge on any atom is -0.497 e. The number of carbonyl (C=O) groups excluding carboxylic acids is 1. The summed E-state index contributed by atoms with van der Waals surface area (Å²) in [6, 6.07) is 9.42. The SMILES string of the molecule is COc1cccc([C@H]2CCN2C(=O)Cn2cccnc2=O)c1. The number of likely N-dealkylation sites (tertiary alicyclic amines) is 1. The molecule has 0 N–H and O–H groups in total. The third kappa shape index (κ3) is 2.72. The fourth-order valence-corrected chi connectivity index (χ4v) is 2.63. The van der Waals surface area contributed by atoms with Gasteiger partial charge >= 0.3 is 5.69 Å². The van der Waals surface area contributed by atoms with Crippen molar-refractivity contribution in [3.8, 4) is 5.75 Å². The fraction of sp³-hybridized carbons (Fsp3) is 0.312. The number of rotatable bonds is 4. The average molecular weight is 299 g/mol. The number of nitrogens with zero attached hydrogens (tertiary/aromatic N) is 3. The van der Waals surface area contributed by atoms with Gasteiger partial charge in [0, 0.05) is 18.9 Å². The van der Waals surface area contributed by atoms with Crippen molar-refractivity contribution in [2.24, 2.45) is 0 Å². The molecule has 2 heterocycles. The van der Waals surface area contributed by atoms with Crippen molar-refractivity contribution in [1.29, 1.82) is 0 Å². The van der Waals surface area contributed by atoms with Crippen LogP contribution in [-0.4, -0.2) is 34.0 Å². The molecule has 6 nitrogen and oxygen atoms in total. The molecule has 1 aliphatic rings. The highest BCUT2D eigenvalue weighted by Crippen LogP contribution is 2.34. The van der Waals surface area contributed by atoms with Crippen LogP contribution in [0.5, 0.6) is 5.75 Å². The van der Waals surface area contributed by atoms with Crippen LogP contribution >= 0.6 is 0 Å². The normalized spacial score (nSPS) is 17.0. The van der Waals surface area contributed by atoms with Crippen LogP contribution in [-0.2, 0) is 11.3 Å². The molecule has 1 aromatic heterocycles. The summed E-state index contributed by atoms with van der Waals surface area (Å²) >= 11 is 0. The first-order valence-electron chi connectivity index (χ1n) is 7.14.